The van der Waals surface area contributed by atoms with E-state index in [9.17, 15) is 8.42 Å². The molecule has 164 valence electrons. The van der Waals surface area contributed by atoms with Crippen molar-refractivity contribution in [3.63, 3.8) is 0 Å². The van der Waals surface area contributed by atoms with Crippen LogP contribution in [0.25, 0.3) is 22.5 Å². The minimum atomic E-state index is -3.87. The van der Waals surface area contributed by atoms with Crippen molar-refractivity contribution in [1.29, 1.82) is 0 Å². The maximum Gasteiger partial charge on any atom is 0.266 e. The summed E-state index contributed by atoms with van der Waals surface area (Å²) in [5, 5.41) is 6.20. The molecule has 6 nitrogen and oxygen atoms in total. The van der Waals surface area contributed by atoms with Crippen molar-refractivity contribution in [2.45, 2.75) is 11.4 Å². The molecule has 0 saturated carbocycles. The number of benzene rings is 3. The fourth-order valence-corrected chi connectivity index (χ4v) is 5.87. The molecule has 33 heavy (non-hydrogen) atoms. The SMILES string of the molecule is O=S(=O)(c1ccc(-c2ccon2)cc1)N(Cc1ccccc1)c1nc(-c2ccccc2)cs1. The molecular weight excluding hydrogens is 454 g/mol. The molecule has 5 aromatic rings. The fraction of sp³-hybridized carbons (Fsp3) is 0.0400. The highest BCUT2D eigenvalue weighted by Gasteiger charge is 2.28. The van der Waals surface area contributed by atoms with Gasteiger partial charge in [0.1, 0.15) is 12.0 Å². The summed E-state index contributed by atoms with van der Waals surface area (Å²) in [4.78, 5) is 4.85. The predicted molar refractivity (Wildman–Crippen MR) is 129 cm³/mol. The van der Waals surface area contributed by atoms with Crippen LogP contribution in [0.1, 0.15) is 5.56 Å². The van der Waals surface area contributed by atoms with Gasteiger partial charge in [0, 0.05) is 22.6 Å². The van der Waals surface area contributed by atoms with Crippen molar-refractivity contribution in [1.82, 2.24) is 10.1 Å². The van der Waals surface area contributed by atoms with Crippen molar-refractivity contribution in [3.8, 4) is 22.5 Å². The normalized spacial score (nSPS) is 11.4. The van der Waals surface area contributed by atoms with Crippen LogP contribution in [-0.2, 0) is 16.6 Å². The Labute approximate surface area is 195 Å². The Kier molecular flexibility index (Phi) is 5.77. The molecule has 3 aromatic carbocycles. The number of thiazole rings is 1. The van der Waals surface area contributed by atoms with Gasteiger partial charge in [0.25, 0.3) is 10.0 Å². The van der Waals surface area contributed by atoms with E-state index in [1.165, 1.54) is 21.9 Å². The molecule has 0 radical (unpaired) electrons. The Morgan fingerprint density at radius 3 is 2.12 bits per heavy atom. The second-order valence-corrected chi connectivity index (χ2v) is 9.99. The lowest BCUT2D eigenvalue weighted by atomic mass is 10.2. The van der Waals surface area contributed by atoms with Gasteiger partial charge in [-0.1, -0.05) is 78.0 Å². The number of hydrogen-bond acceptors (Lipinski definition) is 6. The minimum Gasteiger partial charge on any atom is -0.364 e. The first-order chi connectivity index (χ1) is 16.1. The zero-order valence-electron chi connectivity index (χ0n) is 17.4. The highest BCUT2D eigenvalue weighted by Crippen LogP contribution is 2.33. The third-order valence-corrected chi connectivity index (χ3v) is 7.85. The molecule has 0 unspecified atom stereocenters. The molecule has 0 N–H and O–H groups in total. The van der Waals surface area contributed by atoms with E-state index in [4.69, 9.17) is 4.52 Å². The number of sulfonamides is 1. The summed E-state index contributed by atoms with van der Waals surface area (Å²) in [6.07, 6.45) is 1.48. The van der Waals surface area contributed by atoms with Crippen LogP contribution in [-0.4, -0.2) is 18.6 Å². The highest BCUT2D eigenvalue weighted by molar-refractivity contribution is 7.93. The van der Waals surface area contributed by atoms with E-state index in [1.807, 2.05) is 66.0 Å². The van der Waals surface area contributed by atoms with Gasteiger partial charge in [-0.2, -0.15) is 0 Å². The maximum absolute atomic E-state index is 13.7. The molecule has 2 heterocycles. The van der Waals surface area contributed by atoms with E-state index in [0.29, 0.717) is 10.8 Å². The Hall–Kier alpha value is -3.75. The van der Waals surface area contributed by atoms with Crippen molar-refractivity contribution < 1.29 is 12.9 Å². The van der Waals surface area contributed by atoms with Gasteiger partial charge in [-0.25, -0.2) is 17.7 Å². The van der Waals surface area contributed by atoms with Gasteiger partial charge in [-0.15, -0.1) is 11.3 Å². The first kappa shape index (κ1) is 21.1. The Morgan fingerprint density at radius 1 is 0.788 bits per heavy atom. The fourth-order valence-electron chi connectivity index (χ4n) is 3.41. The van der Waals surface area contributed by atoms with Gasteiger partial charge < -0.3 is 4.52 Å². The second-order valence-electron chi connectivity index (χ2n) is 7.29. The lowest BCUT2D eigenvalue weighted by molar-refractivity contribution is 0.422. The van der Waals surface area contributed by atoms with Gasteiger partial charge in [0.05, 0.1) is 17.1 Å². The monoisotopic (exact) mass is 473 g/mol. The van der Waals surface area contributed by atoms with E-state index < -0.39 is 10.0 Å². The van der Waals surface area contributed by atoms with Crippen LogP contribution < -0.4 is 4.31 Å². The standard InChI is InChI=1S/C25H19N3O3S2/c29-33(30,22-13-11-21(12-14-22)23-15-16-31-27-23)28(17-19-7-3-1-4-8-19)25-26-24(18-32-25)20-9-5-2-6-10-20/h1-16,18H,17H2. The van der Waals surface area contributed by atoms with Gasteiger partial charge in [0.15, 0.2) is 5.13 Å². The molecule has 0 fully saturated rings. The number of rotatable bonds is 7. The third kappa shape index (κ3) is 4.44. The van der Waals surface area contributed by atoms with Crippen LogP contribution in [0.2, 0.25) is 0 Å². The van der Waals surface area contributed by atoms with Crippen LogP contribution in [0.5, 0.6) is 0 Å². The zero-order chi connectivity index (χ0) is 22.7. The smallest absolute Gasteiger partial charge is 0.266 e. The summed E-state index contributed by atoms with van der Waals surface area (Å²) in [5.74, 6) is 0. The molecule has 0 saturated heterocycles. The van der Waals surface area contributed by atoms with Crippen LogP contribution >= 0.6 is 11.3 Å². The average molecular weight is 474 g/mol. The largest absolute Gasteiger partial charge is 0.364 e. The van der Waals surface area contributed by atoms with Gasteiger partial charge in [0.2, 0.25) is 0 Å². The van der Waals surface area contributed by atoms with Gasteiger partial charge >= 0.3 is 0 Å². The van der Waals surface area contributed by atoms with Crippen molar-refractivity contribution in [3.05, 3.63) is 108 Å². The highest BCUT2D eigenvalue weighted by atomic mass is 32.2. The summed E-state index contributed by atoms with van der Waals surface area (Å²) in [5.41, 5.74) is 3.97. The third-order valence-electron chi connectivity index (χ3n) is 5.12. The second kappa shape index (κ2) is 9.01. The van der Waals surface area contributed by atoms with Crippen LogP contribution in [0.4, 0.5) is 5.13 Å². The van der Waals surface area contributed by atoms with E-state index in [0.717, 1.165) is 22.4 Å². The first-order valence-electron chi connectivity index (χ1n) is 10.2. The molecule has 5 rings (SSSR count). The number of hydrogen-bond donors (Lipinski definition) is 0. The van der Waals surface area contributed by atoms with Crippen LogP contribution in [0.15, 0.2) is 112 Å². The quantitative estimate of drug-likeness (QED) is 0.296. The van der Waals surface area contributed by atoms with Crippen molar-refractivity contribution >= 4 is 26.5 Å². The Balaban J connectivity index is 1.53. The van der Waals surface area contributed by atoms with E-state index in [2.05, 4.69) is 10.1 Å². The Bertz CT molecular complexity index is 1430. The molecule has 0 aliphatic heterocycles. The summed E-state index contributed by atoms with van der Waals surface area (Å²) < 4.78 is 33.7. The van der Waals surface area contributed by atoms with Crippen molar-refractivity contribution in [2.75, 3.05) is 4.31 Å². The molecule has 0 spiro atoms. The maximum atomic E-state index is 13.7. The lowest BCUT2D eigenvalue weighted by Crippen LogP contribution is -2.30. The molecule has 0 bridgehead atoms. The average Bonchev–Trinajstić information content (AvgIpc) is 3.57. The van der Waals surface area contributed by atoms with Crippen LogP contribution in [0.3, 0.4) is 0 Å². The number of aromatic nitrogens is 2. The molecule has 0 aliphatic carbocycles. The molecule has 0 atom stereocenters. The van der Waals surface area contributed by atoms with Crippen LogP contribution in [0, 0.1) is 0 Å². The van der Waals surface area contributed by atoms with E-state index in [1.54, 1.807) is 30.3 Å². The van der Waals surface area contributed by atoms with Gasteiger partial charge in [-0.05, 0) is 17.7 Å². The number of anilines is 1. The lowest BCUT2D eigenvalue weighted by Gasteiger charge is -2.22. The van der Waals surface area contributed by atoms with E-state index in [-0.39, 0.29) is 11.4 Å². The topological polar surface area (TPSA) is 76.3 Å². The Morgan fingerprint density at radius 2 is 1.45 bits per heavy atom. The molecule has 0 amide bonds. The molecule has 8 heteroatoms. The van der Waals surface area contributed by atoms with Crippen molar-refractivity contribution in [2.24, 2.45) is 0 Å². The van der Waals surface area contributed by atoms with Gasteiger partial charge in [-0.3, -0.25) is 0 Å². The minimum absolute atomic E-state index is 0.177. The predicted octanol–water partition coefficient (Wildman–Crippen LogP) is 5.86. The number of nitrogens with zero attached hydrogens (tertiary/aromatic N) is 3. The zero-order valence-corrected chi connectivity index (χ0v) is 19.0. The summed E-state index contributed by atoms with van der Waals surface area (Å²) in [6.45, 7) is 0.177. The molecular formula is C25H19N3O3S2. The summed E-state index contributed by atoms with van der Waals surface area (Å²) in [6, 6.07) is 27.6. The molecule has 0 aliphatic rings. The summed E-state index contributed by atoms with van der Waals surface area (Å²) >= 11 is 1.31. The molecule has 2 aromatic heterocycles. The van der Waals surface area contributed by atoms with E-state index >= 15 is 0 Å². The first-order valence-corrected chi connectivity index (χ1v) is 12.5. The summed E-state index contributed by atoms with van der Waals surface area (Å²) in [7, 11) is -3.87.